The summed E-state index contributed by atoms with van der Waals surface area (Å²) in [5, 5.41) is 2.90. The van der Waals surface area contributed by atoms with Crippen molar-refractivity contribution in [2.24, 2.45) is 0 Å². The van der Waals surface area contributed by atoms with Gasteiger partial charge in [-0.3, -0.25) is 13.9 Å². The number of amides is 2. The molecule has 42 heavy (non-hydrogen) atoms. The molecule has 0 unspecified atom stereocenters. The minimum absolute atomic E-state index is 0.0338. The molecule has 0 bridgehead atoms. The second-order valence-corrected chi connectivity index (χ2v) is 12.0. The molecule has 2 amide bonds. The third kappa shape index (κ3) is 7.82. The molecule has 3 aromatic rings. The van der Waals surface area contributed by atoms with Crippen LogP contribution < -0.4 is 19.1 Å². The third-order valence-corrected chi connectivity index (χ3v) is 8.93. The van der Waals surface area contributed by atoms with Crippen molar-refractivity contribution < 1.29 is 27.5 Å². The monoisotopic (exact) mass is 595 g/mol. The molecule has 10 heteroatoms. The van der Waals surface area contributed by atoms with Crippen molar-refractivity contribution >= 4 is 27.5 Å². The van der Waals surface area contributed by atoms with Crippen LogP contribution in [0.3, 0.4) is 0 Å². The Morgan fingerprint density at radius 3 is 2.21 bits per heavy atom. The number of nitrogens with zero attached hydrogens (tertiary/aromatic N) is 2. The first-order valence-electron chi connectivity index (χ1n) is 14.0. The molecule has 1 N–H and O–H groups in total. The fourth-order valence-electron chi connectivity index (χ4n) is 4.44. The molecule has 1 atom stereocenters. The van der Waals surface area contributed by atoms with Crippen molar-refractivity contribution in [2.45, 2.75) is 58.0 Å². The van der Waals surface area contributed by atoms with Crippen molar-refractivity contribution in [1.82, 2.24) is 10.2 Å². The number of aryl methyl sites for hydroxylation is 2. The van der Waals surface area contributed by atoms with Crippen LogP contribution in [0.25, 0.3) is 0 Å². The lowest BCUT2D eigenvalue weighted by Gasteiger charge is -2.32. The van der Waals surface area contributed by atoms with E-state index in [0.717, 1.165) is 33.8 Å². The Balaban J connectivity index is 2.07. The van der Waals surface area contributed by atoms with Crippen LogP contribution in [-0.2, 0) is 26.2 Å². The second kappa shape index (κ2) is 14.7. The van der Waals surface area contributed by atoms with Crippen molar-refractivity contribution in [3.05, 3.63) is 83.4 Å². The maximum absolute atomic E-state index is 14.1. The van der Waals surface area contributed by atoms with Gasteiger partial charge in [-0.05, 0) is 62.6 Å². The Hall–Kier alpha value is -4.05. The summed E-state index contributed by atoms with van der Waals surface area (Å²) in [5.41, 5.74) is 2.93. The van der Waals surface area contributed by atoms with Gasteiger partial charge in [0.15, 0.2) is 11.5 Å². The highest BCUT2D eigenvalue weighted by molar-refractivity contribution is 7.92. The van der Waals surface area contributed by atoms with Crippen LogP contribution in [0, 0.1) is 13.8 Å². The Morgan fingerprint density at radius 1 is 0.929 bits per heavy atom. The number of anilines is 1. The van der Waals surface area contributed by atoms with E-state index in [9.17, 15) is 18.0 Å². The average Bonchev–Trinajstić information content (AvgIpc) is 2.98. The number of benzene rings is 3. The van der Waals surface area contributed by atoms with E-state index >= 15 is 0 Å². The number of carbonyl (C=O) groups excluding carboxylic acids is 2. The Kier molecular flexibility index (Phi) is 11.4. The predicted molar refractivity (Wildman–Crippen MR) is 164 cm³/mol. The summed E-state index contributed by atoms with van der Waals surface area (Å²) in [7, 11) is -1.26. The van der Waals surface area contributed by atoms with Gasteiger partial charge in [-0.25, -0.2) is 8.42 Å². The average molecular weight is 596 g/mol. The van der Waals surface area contributed by atoms with Crippen molar-refractivity contribution in [3.63, 3.8) is 0 Å². The lowest BCUT2D eigenvalue weighted by atomic mass is 10.1. The van der Waals surface area contributed by atoms with Crippen molar-refractivity contribution in [2.75, 3.05) is 31.6 Å². The third-order valence-electron chi connectivity index (χ3n) is 7.14. The van der Waals surface area contributed by atoms with Gasteiger partial charge in [-0.15, -0.1) is 0 Å². The van der Waals surface area contributed by atoms with E-state index in [-0.39, 0.29) is 23.0 Å². The van der Waals surface area contributed by atoms with Crippen molar-refractivity contribution in [1.29, 1.82) is 0 Å². The Morgan fingerprint density at radius 2 is 1.60 bits per heavy atom. The van der Waals surface area contributed by atoms with E-state index < -0.39 is 28.5 Å². The number of unbranched alkanes of at least 4 members (excludes halogenated alkanes) is 1. The van der Waals surface area contributed by atoms with Gasteiger partial charge >= 0.3 is 0 Å². The maximum atomic E-state index is 14.1. The summed E-state index contributed by atoms with van der Waals surface area (Å²) >= 11 is 0. The number of rotatable bonds is 14. The highest BCUT2D eigenvalue weighted by Crippen LogP contribution is 2.34. The second-order valence-electron chi connectivity index (χ2n) is 10.1. The zero-order chi connectivity index (χ0) is 30.9. The van der Waals surface area contributed by atoms with Gasteiger partial charge in [0.05, 0.1) is 24.8 Å². The predicted octanol–water partition coefficient (Wildman–Crippen LogP) is 4.85. The summed E-state index contributed by atoms with van der Waals surface area (Å²) < 4.78 is 39.9. The molecule has 0 heterocycles. The highest BCUT2D eigenvalue weighted by Gasteiger charge is 2.33. The molecule has 0 fully saturated rings. The fourth-order valence-corrected chi connectivity index (χ4v) is 5.84. The van der Waals surface area contributed by atoms with Crippen LogP contribution in [0.4, 0.5) is 5.69 Å². The summed E-state index contributed by atoms with van der Waals surface area (Å²) in [6.07, 6.45) is 1.73. The first-order valence-corrected chi connectivity index (χ1v) is 15.4. The molecule has 0 saturated heterocycles. The van der Waals surface area contributed by atoms with Gasteiger partial charge in [-0.1, -0.05) is 55.3 Å². The molecule has 0 aromatic heterocycles. The first-order chi connectivity index (χ1) is 20.0. The van der Waals surface area contributed by atoms with Gasteiger partial charge < -0.3 is 19.7 Å². The first kappa shape index (κ1) is 32.5. The summed E-state index contributed by atoms with van der Waals surface area (Å²) in [5.74, 6) is -0.0999. The smallest absolute Gasteiger partial charge is 0.264 e. The number of nitrogens with one attached hydrogen (secondary N) is 1. The van der Waals surface area contributed by atoms with Crippen LogP contribution in [0.2, 0.25) is 0 Å². The number of hydrogen-bond donors (Lipinski definition) is 1. The minimum Gasteiger partial charge on any atom is -0.493 e. The molecule has 0 aliphatic heterocycles. The van der Waals surface area contributed by atoms with E-state index in [1.807, 2.05) is 45.0 Å². The molecular weight excluding hydrogens is 554 g/mol. The quantitative estimate of drug-likeness (QED) is 0.267. The zero-order valence-corrected chi connectivity index (χ0v) is 26.0. The van der Waals surface area contributed by atoms with Crippen molar-refractivity contribution in [3.8, 4) is 11.5 Å². The number of sulfonamides is 1. The number of ether oxygens (including phenoxy) is 2. The van der Waals surface area contributed by atoms with Crippen LogP contribution in [0.15, 0.2) is 71.6 Å². The lowest BCUT2D eigenvalue weighted by Crippen LogP contribution is -2.51. The summed E-state index contributed by atoms with van der Waals surface area (Å²) in [4.78, 5) is 28.7. The molecule has 9 nitrogen and oxygen atoms in total. The van der Waals surface area contributed by atoms with E-state index in [4.69, 9.17) is 9.47 Å². The van der Waals surface area contributed by atoms with Crippen LogP contribution >= 0.6 is 0 Å². The zero-order valence-electron chi connectivity index (χ0n) is 25.2. The SMILES string of the molecule is CCCCNC(=O)[C@H](C)N(Cc1ccccc1C)C(=O)CN(c1ccc(OC)c(OC)c1)S(=O)(=O)c1ccc(C)cc1. The standard InChI is InChI=1S/C32H41N3O6S/c1-7-8-19-33-32(37)25(4)34(21-26-12-10-9-11-24(26)3)31(36)22-35(27-15-18-29(40-5)30(20-27)41-6)42(38,39)28-16-13-23(2)14-17-28/h9-18,20,25H,7-8,19,21-22H2,1-6H3,(H,33,37)/t25-/m0/s1. The van der Waals surface area contributed by atoms with Gasteiger partial charge in [-0.2, -0.15) is 0 Å². The minimum atomic E-state index is -4.20. The van der Waals surface area contributed by atoms with Crippen LogP contribution in [-0.4, -0.2) is 58.5 Å². The molecule has 0 radical (unpaired) electrons. The molecule has 0 aliphatic rings. The lowest BCUT2D eigenvalue weighted by molar-refractivity contribution is -0.139. The largest absolute Gasteiger partial charge is 0.493 e. The summed E-state index contributed by atoms with van der Waals surface area (Å²) in [6, 6.07) is 17.9. The van der Waals surface area contributed by atoms with E-state index in [1.165, 1.54) is 37.3 Å². The molecule has 0 saturated carbocycles. The van der Waals surface area contributed by atoms with Gasteiger partial charge in [0, 0.05) is 19.2 Å². The van der Waals surface area contributed by atoms with E-state index in [1.54, 1.807) is 31.2 Å². The Bertz CT molecular complexity index is 1470. The van der Waals surface area contributed by atoms with Crippen LogP contribution in [0.1, 0.15) is 43.4 Å². The van der Waals surface area contributed by atoms with Gasteiger partial charge in [0.1, 0.15) is 12.6 Å². The normalized spacial score (nSPS) is 11.9. The fraction of sp³-hybridized carbons (Fsp3) is 0.375. The van der Waals surface area contributed by atoms with E-state index in [2.05, 4.69) is 5.32 Å². The van der Waals surface area contributed by atoms with E-state index in [0.29, 0.717) is 18.0 Å². The number of carbonyl (C=O) groups is 2. The van der Waals surface area contributed by atoms with Gasteiger partial charge in [0.2, 0.25) is 11.8 Å². The maximum Gasteiger partial charge on any atom is 0.264 e. The van der Waals surface area contributed by atoms with Crippen LogP contribution in [0.5, 0.6) is 11.5 Å². The number of methoxy groups -OCH3 is 2. The molecule has 3 aromatic carbocycles. The number of hydrogen-bond acceptors (Lipinski definition) is 6. The molecule has 0 aliphatic carbocycles. The Labute approximate surface area is 249 Å². The molecule has 3 rings (SSSR count). The summed E-state index contributed by atoms with van der Waals surface area (Å²) in [6.45, 7) is 7.58. The molecule has 0 spiro atoms. The van der Waals surface area contributed by atoms with Gasteiger partial charge in [0.25, 0.3) is 10.0 Å². The highest BCUT2D eigenvalue weighted by atomic mass is 32.2. The topological polar surface area (TPSA) is 105 Å². The molecular formula is C32H41N3O6S. The molecule has 226 valence electrons.